The van der Waals surface area contributed by atoms with Crippen molar-refractivity contribution in [2.75, 3.05) is 45.9 Å². The first-order valence-electron chi connectivity index (χ1n) is 13.0. The molecule has 34 heavy (non-hydrogen) atoms. The summed E-state index contributed by atoms with van der Waals surface area (Å²) in [6, 6.07) is -0.181. The Hall–Kier alpha value is -1.71. The predicted molar refractivity (Wildman–Crippen MR) is 128 cm³/mol. The van der Waals surface area contributed by atoms with Gasteiger partial charge in [0.1, 0.15) is 6.04 Å². The molecular weight excluding hydrogens is 436 g/mol. The summed E-state index contributed by atoms with van der Waals surface area (Å²) in [5.74, 6) is -0.428. The molecule has 1 saturated carbocycles. The van der Waals surface area contributed by atoms with Crippen molar-refractivity contribution in [2.45, 2.75) is 77.8 Å². The maximum Gasteiger partial charge on any atom is 0.245 e. The van der Waals surface area contributed by atoms with Crippen LogP contribution in [0.2, 0.25) is 0 Å². The Morgan fingerprint density at radius 2 is 1.71 bits per heavy atom. The van der Waals surface area contributed by atoms with Gasteiger partial charge in [-0.25, -0.2) is 5.06 Å². The number of piperidine rings is 1. The summed E-state index contributed by atoms with van der Waals surface area (Å²) in [4.78, 5) is 42.3. The van der Waals surface area contributed by atoms with Crippen molar-refractivity contribution in [2.24, 2.45) is 17.3 Å². The Bertz CT molecular complexity index is 677. The van der Waals surface area contributed by atoms with E-state index < -0.39 is 17.4 Å². The van der Waals surface area contributed by atoms with Crippen molar-refractivity contribution in [1.82, 2.24) is 20.2 Å². The molecule has 1 aliphatic carbocycles. The van der Waals surface area contributed by atoms with Crippen LogP contribution in [0.4, 0.5) is 0 Å². The zero-order valence-electron chi connectivity index (χ0n) is 21.2. The monoisotopic (exact) mass is 480 g/mol. The summed E-state index contributed by atoms with van der Waals surface area (Å²) >= 11 is 0. The third kappa shape index (κ3) is 7.39. The largest absolute Gasteiger partial charge is 0.379 e. The normalized spacial score (nSPS) is 22.9. The number of carbonyl (C=O) groups excluding carboxylic acids is 3. The van der Waals surface area contributed by atoms with Gasteiger partial charge in [0.15, 0.2) is 0 Å². The van der Waals surface area contributed by atoms with E-state index in [0.29, 0.717) is 42.9 Å². The third-order valence-electron chi connectivity index (χ3n) is 7.73. The van der Waals surface area contributed by atoms with Crippen molar-refractivity contribution in [3.8, 4) is 0 Å². The van der Waals surface area contributed by atoms with Crippen LogP contribution in [0.5, 0.6) is 0 Å². The lowest BCUT2D eigenvalue weighted by Crippen LogP contribution is -2.58. The zero-order valence-corrected chi connectivity index (χ0v) is 21.2. The molecule has 2 N–H and O–H groups in total. The number of morpholine rings is 1. The van der Waals surface area contributed by atoms with Crippen LogP contribution in [0.1, 0.15) is 65.7 Å². The summed E-state index contributed by atoms with van der Waals surface area (Å²) in [5, 5.41) is 13.4. The molecule has 3 amide bonds. The lowest BCUT2D eigenvalue weighted by Gasteiger charge is -2.42. The maximum absolute atomic E-state index is 13.6. The number of hydroxylamine groups is 2. The minimum absolute atomic E-state index is 0.0443. The Balaban J connectivity index is 1.62. The van der Waals surface area contributed by atoms with Gasteiger partial charge in [0.2, 0.25) is 18.2 Å². The Morgan fingerprint density at radius 3 is 2.26 bits per heavy atom. The molecule has 3 fully saturated rings. The average Bonchev–Trinajstić information content (AvgIpc) is 3.34. The van der Waals surface area contributed by atoms with E-state index in [2.05, 4.69) is 10.2 Å². The Labute approximate surface area is 204 Å². The van der Waals surface area contributed by atoms with E-state index in [4.69, 9.17) is 4.74 Å². The fourth-order valence-corrected chi connectivity index (χ4v) is 5.67. The lowest BCUT2D eigenvalue weighted by molar-refractivity contribution is -0.156. The van der Waals surface area contributed by atoms with Crippen molar-refractivity contribution in [1.29, 1.82) is 0 Å². The summed E-state index contributed by atoms with van der Waals surface area (Å²) < 4.78 is 5.46. The highest BCUT2D eigenvalue weighted by molar-refractivity contribution is 5.89. The van der Waals surface area contributed by atoms with Gasteiger partial charge in [0.25, 0.3) is 0 Å². The van der Waals surface area contributed by atoms with Crippen LogP contribution in [0.25, 0.3) is 0 Å². The number of amides is 3. The highest BCUT2D eigenvalue weighted by atomic mass is 16.5. The second kappa shape index (κ2) is 12.3. The second-order valence-corrected chi connectivity index (χ2v) is 11.3. The molecule has 0 aromatic carbocycles. The first-order chi connectivity index (χ1) is 16.2. The molecule has 0 aromatic rings. The number of rotatable bonds is 9. The van der Waals surface area contributed by atoms with Crippen LogP contribution in [0.15, 0.2) is 0 Å². The van der Waals surface area contributed by atoms with Gasteiger partial charge in [-0.15, -0.1) is 0 Å². The molecule has 9 nitrogen and oxygen atoms in total. The van der Waals surface area contributed by atoms with E-state index in [1.807, 2.05) is 25.7 Å². The van der Waals surface area contributed by atoms with Gasteiger partial charge in [-0.05, 0) is 30.6 Å². The molecule has 3 rings (SSSR count). The number of nitrogens with one attached hydrogen (secondary N) is 1. The predicted octanol–water partition coefficient (Wildman–Crippen LogP) is 1.88. The molecule has 3 aliphatic rings. The molecule has 0 radical (unpaired) electrons. The van der Waals surface area contributed by atoms with E-state index in [1.54, 1.807) is 0 Å². The van der Waals surface area contributed by atoms with Crippen LogP contribution in [0, 0.1) is 17.3 Å². The van der Waals surface area contributed by atoms with Crippen LogP contribution in [0.3, 0.4) is 0 Å². The van der Waals surface area contributed by atoms with Gasteiger partial charge in [-0.3, -0.25) is 24.5 Å². The molecule has 0 unspecified atom stereocenters. The summed E-state index contributed by atoms with van der Waals surface area (Å²) in [7, 11) is 0. The Morgan fingerprint density at radius 1 is 1.09 bits per heavy atom. The van der Waals surface area contributed by atoms with E-state index >= 15 is 0 Å². The van der Waals surface area contributed by atoms with Crippen LogP contribution < -0.4 is 5.32 Å². The van der Waals surface area contributed by atoms with Crippen molar-refractivity contribution in [3.05, 3.63) is 0 Å². The van der Waals surface area contributed by atoms with Crippen LogP contribution in [-0.2, 0) is 19.1 Å². The van der Waals surface area contributed by atoms with Gasteiger partial charge >= 0.3 is 0 Å². The van der Waals surface area contributed by atoms with E-state index in [-0.39, 0.29) is 18.4 Å². The number of hydrogen-bond donors (Lipinski definition) is 2. The summed E-state index contributed by atoms with van der Waals surface area (Å²) in [6.45, 7) is 10.7. The minimum atomic E-state index is -0.658. The van der Waals surface area contributed by atoms with Gasteiger partial charge in [0, 0.05) is 32.2 Å². The maximum atomic E-state index is 13.6. The van der Waals surface area contributed by atoms with Gasteiger partial charge in [-0.1, -0.05) is 46.5 Å². The highest BCUT2D eigenvalue weighted by Crippen LogP contribution is 2.31. The highest BCUT2D eigenvalue weighted by Gasteiger charge is 2.39. The molecule has 0 aromatic heterocycles. The van der Waals surface area contributed by atoms with Crippen molar-refractivity contribution >= 4 is 18.2 Å². The lowest BCUT2D eigenvalue weighted by atomic mass is 9.84. The Kier molecular flexibility index (Phi) is 9.74. The van der Waals surface area contributed by atoms with Crippen LogP contribution in [-0.4, -0.2) is 96.3 Å². The summed E-state index contributed by atoms with van der Waals surface area (Å²) in [5.41, 5.74) is -0.463. The molecule has 194 valence electrons. The average molecular weight is 481 g/mol. The van der Waals surface area contributed by atoms with E-state index in [1.165, 1.54) is 0 Å². The zero-order chi connectivity index (χ0) is 24.7. The first-order valence-corrected chi connectivity index (χ1v) is 13.0. The van der Waals surface area contributed by atoms with Gasteiger partial charge in [0.05, 0.1) is 25.7 Å². The summed E-state index contributed by atoms with van der Waals surface area (Å²) in [6.07, 6.45) is 7.25. The molecule has 0 bridgehead atoms. The molecule has 2 saturated heterocycles. The number of carbonyl (C=O) groups is 3. The smallest absolute Gasteiger partial charge is 0.245 e. The number of ether oxygens (including phenoxy) is 1. The fourth-order valence-electron chi connectivity index (χ4n) is 5.67. The van der Waals surface area contributed by atoms with Crippen LogP contribution >= 0.6 is 0 Å². The molecule has 9 heteroatoms. The SMILES string of the molecule is CC(C)(C)[C@H](NC(=O)[C@H](CC1CCCC1)CN(O)C=O)C(=O)N1CCC(N2CCOCC2)CC1. The standard InChI is InChI=1S/C25H44N4O5/c1-25(2,3)22(24(32)28-10-8-21(9-11-28)27-12-14-34-15-13-27)26-23(31)20(17-29(33)18-30)16-19-6-4-5-7-19/h18-22,33H,4-17H2,1-3H3,(H,26,31)/t20-,22-/m1/s1. The third-order valence-corrected chi connectivity index (χ3v) is 7.73. The first kappa shape index (κ1) is 26.9. The molecule has 2 heterocycles. The molecule has 2 aliphatic heterocycles. The minimum Gasteiger partial charge on any atom is -0.379 e. The fraction of sp³-hybridized carbons (Fsp3) is 0.880. The quantitative estimate of drug-likeness (QED) is 0.297. The number of hydrogen-bond acceptors (Lipinski definition) is 6. The topological polar surface area (TPSA) is 102 Å². The second-order valence-electron chi connectivity index (χ2n) is 11.3. The van der Waals surface area contributed by atoms with Gasteiger partial charge < -0.3 is 15.0 Å². The number of likely N-dealkylation sites (tertiary alicyclic amines) is 1. The molecule has 2 atom stereocenters. The van der Waals surface area contributed by atoms with Gasteiger partial charge in [-0.2, -0.15) is 0 Å². The molecule has 0 spiro atoms. The van der Waals surface area contributed by atoms with E-state index in [9.17, 15) is 19.6 Å². The van der Waals surface area contributed by atoms with E-state index in [0.717, 1.165) is 64.8 Å². The van der Waals surface area contributed by atoms with Crippen molar-refractivity contribution < 1.29 is 24.3 Å². The van der Waals surface area contributed by atoms with Crippen molar-refractivity contribution in [3.63, 3.8) is 0 Å². The number of nitrogens with zero attached hydrogens (tertiary/aromatic N) is 3. The molecular formula is C25H44N4O5.